The third-order valence-corrected chi connectivity index (χ3v) is 3.05. The van der Waals surface area contributed by atoms with E-state index >= 15 is 0 Å². The summed E-state index contributed by atoms with van der Waals surface area (Å²) in [7, 11) is 0. The predicted octanol–water partition coefficient (Wildman–Crippen LogP) is 3.28. The molecule has 1 atom stereocenters. The molecule has 82 valence electrons. The van der Waals surface area contributed by atoms with Crippen LogP contribution >= 0.6 is 11.6 Å². The summed E-state index contributed by atoms with van der Waals surface area (Å²) in [6.07, 6.45) is 0.732. The zero-order valence-corrected chi connectivity index (χ0v) is 9.62. The first kappa shape index (κ1) is 12.0. The van der Waals surface area contributed by atoms with E-state index in [0.717, 1.165) is 12.0 Å². The number of benzene rings is 1. The van der Waals surface area contributed by atoms with Gasteiger partial charge in [0.1, 0.15) is 0 Å². The molecule has 0 saturated carbocycles. The van der Waals surface area contributed by atoms with E-state index in [2.05, 4.69) is 0 Å². The molecule has 0 N–H and O–H groups in total. The maximum atomic E-state index is 10.6. The zero-order chi connectivity index (χ0) is 11.5. The van der Waals surface area contributed by atoms with Gasteiger partial charge in [-0.25, -0.2) is 0 Å². The van der Waals surface area contributed by atoms with Crippen molar-refractivity contribution in [3.05, 3.63) is 45.0 Å². The predicted molar refractivity (Wildman–Crippen MR) is 61.0 cm³/mol. The van der Waals surface area contributed by atoms with Crippen LogP contribution in [0.15, 0.2) is 24.3 Å². The summed E-state index contributed by atoms with van der Waals surface area (Å²) < 4.78 is 0. The normalized spacial score (nSPS) is 14.6. The van der Waals surface area contributed by atoms with Crippen LogP contribution in [0.2, 0.25) is 5.02 Å². The molecule has 0 unspecified atom stereocenters. The Kier molecular flexibility index (Phi) is 3.69. The van der Waals surface area contributed by atoms with Gasteiger partial charge in [-0.05, 0) is 31.0 Å². The maximum Gasteiger partial charge on any atom is 0.213 e. The molecular formula is C11H14ClNO2. The van der Waals surface area contributed by atoms with Crippen molar-refractivity contribution >= 4 is 11.6 Å². The van der Waals surface area contributed by atoms with Crippen LogP contribution in [-0.4, -0.2) is 11.5 Å². The first-order valence-electron chi connectivity index (χ1n) is 4.86. The molecule has 15 heavy (non-hydrogen) atoms. The topological polar surface area (TPSA) is 43.1 Å². The van der Waals surface area contributed by atoms with E-state index in [9.17, 15) is 10.1 Å². The minimum absolute atomic E-state index is 0.0505. The lowest BCUT2D eigenvalue weighted by atomic mass is 9.80. The first-order valence-corrected chi connectivity index (χ1v) is 5.23. The molecule has 0 spiro atoms. The Morgan fingerprint density at radius 3 is 2.33 bits per heavy atom. The van der Waals surface area contributed by atoms with Gasteiger partial charge in [0.2, 0.25) is 6.54 Å². The second kappa shape index (κ2) is 4.62. The molecule has 0 fully saturated rings. The van der Waals surface area contributed by atoms with E-state index in [1.54, 1.807) is 12.1 Å². The summed E-state index contributed by atoms with van der Waals surface area (Å²) >= 11 is 5.78. The van der Waals surface area contributed by atoms with E-state index in [1.165, 1.54) is 0 Å². The van der Waals surface area contributed by atoms with Crippen LogP contribution in [0.1, 0.15) is 25.8 Å². The summed E-state index contributed by atoms with van der Waals surface area (Å²) in [6, 6.07) is 7.25. The van der Waals surface area contributed by atoms with Crippen LogP contribution in [0.3, 0.4) is 0 Å². The first-order chi connectivity index (χ1) is 6.98. The Morgan fingerprint density at radius 2 is 1.93 bits per heavy atom. The van der Waals surface area contributed by atoms with Crippen molar-refractivity contribution in [2.75, 3.05) is 6.54 Å². The molecule has 0 saturated heterocycles. The van der Waals surface area contributed by atoms with Gasteiger partial charge in [0, 0.05) is 9.95 Å². The van der Waals surface area contributed by atoms with Crippen molar-refractivity contribution in [1.29, 1.82) is 0 Å². The van der Waals surface area contributed by atoms with Gasteiger partial charge in [-0.3, -0.25) is 10.1 Å². The van der Waals surface area contributed by atoms with Gasteiger partial charge >= 0.3 is 0 Å². The van der Waals surface area contributed by atoms with E-state index in [1.807, 2.05) is 26.0 Å². The Bertz CT molecular complexity index is 350. The highest BCUT2D eigenvalue weighted by Gasteiger charge is 2.30. The second-order valence-corrected chi connectivity index (χ2v) is 4.35. The summed E-state index contributed by atoms with van der Waals surface area (Å²) in [4.78, 5) is 10.3. The second-order valence-electron chi connectivity index (χ2n) is 3.91. The number of hydrogen-bond acceptors (Lipinski definition) is 2. The van der Waals surface area contributed by atoms with Crippen molar-refractivity contribution in [3.8, 4) is 0 Å². The van der Waals surface area contributed by atoms with Crippen LogP contribution in [0.25, 0.3) is 0 Å². The molecule has 0 amide bonds. The Labute approximate surface area is 94.2 Å². The lowest BCUT2D eigenvalue weighted by Crippen LogP contribution is -2.30. The highest BCUT2D eigenvalue weighted by molar-refractivity contribution is 6.30. The maximum absolute atomic E-state index is 10.6. The number of nitro groups is 1. The summed E-state index contributed by atoms with van der Waals surface area (Å²) in [5.41, 5.74) is 0.555. The third kappa shape index (κ3) is 2.93. The van der Waals surface area contributed by atoms with Crippen molar-refractivity contribution in [3.63, 3.8) is 0 Å². The smallest absolute Gasteiger partial charge is 0.213 e. The average molecular weight is 228 g/mol. The van der Waals surface area contributed by atoms with Crippen LogP contribution in [0, 0.1) is 10.1 Å². The Morgan fingerprint density at radius 1 is 1.40 bits per heavy atom. The van der Waals surface area contributed by atoms with Crippen molar-refractivity contribution in [1.82, 2.24) is 0 Å². The average Bonchev–Trinajstić information content (AvgIpc) is 2.17. The van der Waals surface area contributed by atoms with Gasteiger partial charge in [0.25, 0.3) is 0 Å². The number of halogens is 1. The van der Waals surface area contributed by atoms with Gasteiger partial charge in [-0.15, -0.1) is 0 Å². The quantitative estimate of drug-likeness (QED) is 0.585. The van der Waals surface area contributed by atoms with E-state index in [-0.39, 0.29) is 11.5 Å². The molecule has 1 aromatic carbocycles. The molecule has 0 aliphatic carbocycles. The van der Waals surface area contributed by atoms with E-state index in [0.29, 0.717) is 5.02 Å². The molecular weight excluding hydrogens is 214 g/mol. The van der Waals surface area contributed by atoms with Crippen LogP contribution in [0.5, 0.6) is 0 Å². The zero-order valence-electron chi connectivity index (χ0n) is 8.87. The van der Waals surface area contributed by atoms with Gasteiger partial charge in [-0.2, -0.15) is 0 Å². The van der Waals surface area contributed by atoms with Gasteiger partial charge < -0.3 is 0 Å². The van der Waals surface area contributed by atoms with Crippen LogP contribution in [-0.2, 0) is 5.41 Å². The molecule has 0 bridgehead atoms. The molecule has 3 nitrogen and oxygen atoms in total. The SMILES string of the molecule is CC[C@](C)(C[N+](=O)[O-])c1ccc(Cl)cc1. The Hall–Kier alpha value is -1.09. The minimum atomic E-state index is -0.409. The molecule has 0 aliphatic heterocycles. The number of nitrogens with zero attached hydrogens (tertiary/aromatic N) is 1. The minimum Gasteiger partial charge on any atom is -0.265 e. The van der Waals surface area contributed by atoms with Crippen LogP contribution < -0.4 is 0 Å². The lowest BCUT2D eigenvalue weighted by molar-refractivity contribution is -0.490. The fraction of sp³-hybridized carbons (Fsp3) is 0.455. The highest BCUT2D eigenvalue weighted by atomic mass is 35.5. The fourth-order valence-electron chi connectivity index (χ4n) is 1.54. The summed E-state index contributed by atoms with van der Waals surface area (Å²) in [5, 5.41) is 11.2. The fourth-order valence-corrected chi connectivity index (χ4v) is 1.67. The number of rotatable bonds is 4. The van der Waals surface area contributed by atoms with E-state index in [4.69, 9.17) is 11.6 Å². The van der Waals surface area contributed by atoms with Crippen molar-refractivity contribution in [2.24, 2.45) is 0 Å². The largest absolute Gasteiger partial charge is 0.265 e. The molecule has 0 heterocycles. The molecule has 0 aliphatic rings. The lowest BCUT2D eigenvalue weighted by Gasteiger charge is -2.24. The molecule has 0 aromatic heterocycles. The molecule has 1 rings (SSSR count). The monoisotopic (exact) mass is 227 g/mol. The van der Waals surface area contributed by atoms with Gasteiger partial charge in [0.15, 0.2) is 0 Å². The van der Waals surface area contributed by atoms with Gasteiger partial charge in [0.05, 0.1) is 5.41 Å². The van der Waals surface area contributed by atoms with Crippen molar-refractivity contribution in [2.45, 2.75) is 25.7 Å². The summed E-state index contributed by atoms with van der Waals surface area (Å²) in [6.45, 7) is 3.81. The molecule has 4 heteroatoms. The van der Waals surface area contributed by atoms with Crippen molar-refractivity contribution < 1.29 is 4.92 Å². The summed E-state index contributed by atoms with van der Waals surface area (Å²) in [5.74, 6) is 0. The molecule has 1 aromatic rings. The standard InChI is InChI=1S/C11H14ClNO2/c1-3-11(2,8-13(14)15)9-4-6-10(12)7-5-9/h4-7H,3,8H2,1-2H3/t11-/m1/s1. The molecule has 0 radical (unpaired) electrons. The number of hydrogen-bond donors (Lipinski definition) is 0. The van der Waals surface area contributed by atoms with Crippen LogP contribution in [0.4, 0.5) is 0 Å². The third-order valence-electron chi connectivity index (χ3n) is 2.80. The Balaban J connectivity index is 3.00. The highest BCUT2D eigenvalue weighted by Crippen LogP contribution is 2.28. The van der Waals surface area contributed by atoms with E-state index < -0.39 is 5.41 Å². The van der Waals surface area contributed by atoms with Gasteiger partial charge in [-0.1, -0.05) is 30.7 Å².